The minimum absolute atomic E-state index is 0.0115. The molecule has 0 saturated carbocycles. The third kappa shape index (κ3) is 2.75. The van der Waals surface area contributed by atoms with Crippen LogP contribution in [0.25, 0.3) is 0 Å². The van der Waals surface area contributed by atoms with E-state index in [0.29, 0.717) is 18.1 Å². The maximum absolute atomic E-state index is 12.0. The molecular weight excluding hydrogens is 256 g/mol. The van der Waals surface area contributed by atoms with Crippen LogP contribution in [0.4, 0.5) is 0 Å². The van der Waals surface area contributed by atoms with Gasteiger partial charge in [0, 0.05) is 20.2 Å². The van der Waals surface area contributed by atoms with Gasteiger partial charge in [-0.1, -0.05) is 11.6 Å². The first kappa shape index (κ1) is 13.1. The molecule has 1 amide bonds. The molecule has 1 unspecified atom stereocenters. The number of aromatic hydroxyl groups is 1. The predicted molar refractivity (Wildman–Crippen MR) is 68.0 cm³/mol. The Hall–Kier alpha value is -1.30. The maximum Gasteiger partial charge on any atom is 0.253 e. The number of halogens is 1. The van der Waals surface area contributed by atoms with Gasteiger partial charge in [-0.2, -0.15) is 0 Å². The summed E-state index contributed by atoms with van der Waals surface area (Å²) in [5, 5.41) is 15.7. The third-order valence-corrected chi connectivity index (χ3v) is 3.30. The van der Waals surface area contributed by atoms with Gasteiger partial charge in [0.05, 0.1) is 22.7 Å². The van der Waals surface area contributed by atoms with Crippen molar-refractivity contribution in [3.63, 3.8) is 0 Å². The van der Waals surface area contributed by atoms with Crippen LogP contribution in [0.5, 0.6) is 5.75 Å². The molecule has 6 heteroatoms. The van der Waals surface area contributed by atoms with Crippen molar-refractivity contribution < 1.29 is 14.6 Å². The van der Waals surface area contributed by atoms with Crippen LogP contribution in [0.2, 0.25) is 5.02 Å². The molecule has 1 aromatic rings. The van der Waals surface area contributed by atoms with Gasteiger partial charge in [-0.05, 0) is 18.2 Å². The Balaban J connectivity index is 2.09. The van der Waals surface area contributed by atoms with Crippen LogP contribution >= 0.6 is 11.6 Å². The number of hydrogen-bond acceptors (Lipinski definition) is 4. The Morgan fingerprint density at radius 2 is 2.33 bits per heavy atom. The highest BCUT2D eigenvalue weighted by molar-refractivity contribution is 6.33. The number of carbonyl (C=O) groups excluding carboxylic acids is 1. The number of amides is 1. The normalized spacial score (nSPS) is 23.0. The van der Waals surface area contributed by atoms with Gasteiger partial charge in [0.1, 0.15) is 5.75 Å². The first-order valence-corrected chi connectivity index (χ1v) is 6.02. The number of ether oxygens (including phenoxy) is 1. The van der Waals surface area contributed by atoms with Crippen molar-refractivity contribution in [2.45, 2.75) is 12.1 Å². The second kappa shape index (κ2) is 5.56. The van der Waals surface area contributed by atoms with Crippen molar-refractivity contribution in [3.05, 3.63) is 28.8 Å². The van der Waals surface area contributed by atoms with Gasteiger partial charge in [0.2, 0.25) is 0 Å². The third-order valence-electron chi connectivity index (χ3n) is 2.97. The summed E-state index contributed by atoms with van der Waals surface area (Å²) in [6.45, 7) is 1.36. The maximum atomic E-state index is 12.0. The van der Waals surface area contributed by atoms with E-state index in [0.717, 1.165) is 0 Å². The molecular formula is C12H15ClN2O3. The van der Waals surface area contributed by atoms with Gasteiger partial charge in [0.25, 0.3) is 5.91 Å². The van der Waals surface area contributed by atoms with Crippen LogP contribution in [0.15, 0.2) is 18.2 Å². The SMILES string of the molecule is CO[C@H]1CNCC1NC(=O)c1cc(O)ccc1Cl. The Bertz CT molecular complexity index is 453. The van der Waals surface area contributed by atoms with E-state index in [-0.39, 0.29) is 29.4 Å². The average molecular weight is 271 g/mol. The lowest BCUT2D eigenvalue weighted by Crippen LogP contribution is -2.43. The molecule has 18 heavy (non-hydrogen) atoms. The van der Waals surface area contributed by atoms with Crippen LogP contribution in [0.1, 0.15) is 10.4 Å². The summed E-state index contributed by atoms with van der Waals surface area (Å²) < 4.78 is 5.25. The van der Waals surface area contributed by atoms with E-state index >= 15 is 0 Å². The molecule has 1 saturated heterocycles. The van der Waals surface area contributed by atoms with E-state index in [1.54, 1.807) is 7.11 Å². The molecule has 0 radical (unpaired) electrons. The molecule has 0 aliphatic carbocycles. The zero-order chi connectivity index (χ0) is 13.1. The highest BCUT2D eigenvalue weighted by atomic mass is 35.5. The zero-order valence-electron chi connectivity index (χ0n) is 9.94. The monoisotopic (exact) mass is 270 g/mol. The van der Waals surface area contributed by atoms with Gasteiger partial charge < -0.3 is 20.5 Å². The van der Waals surface area contributed by atoms with E-state index < -0.39 is 0 Å². The van der Waals surface area contributed by atoms with Crippen molar-refractivity contribution in [2.75, 3.05) is 20.2 Å². The first-order valence-electron chi connectivity index (χ1n) is 5.64. The summed E-state index contributed by atoms with van der Waals surface area (Å²) in [7, 11) is 1.61. The molecule has 0 bridgehead atoms. The number of nitrogens with one attached hydrogen (secondary N) is 2. The zero-order valence-corrected chi connectivity index (χ0v) is 10.7. The van der Waals surface area contributed by atoms with E-state index in [4.69, 9.17) is 16.3 Å². The van der Waals surface area contributed by atoms with Crippen molar-refractivity contribution in [1.82, 2.24) is 10.6 Å². The summed E-state index contributed by atoms with van der Waals surface area (Å²) in [6, 6.07) is 4.18. The summed E-state index contributed by atoms with van der Waals surface area (Å²) >= 11 is 5.93. The number of carbonyl (C=O) groups is 1. The number of methoxy groups -OCH3 is 1. The van der Waals surface area contributed by atoms with Crippen molar-refractivity contribution in [3.8, 4) is 5.75 Å². The second-order valence-corrected chi connectivity index (χ2v) is 4.58. The van der Waals surface area contributed by atoms with E-state index in [9.17, 15) is 9.90 Å². The molecule has 1 aliphatic rings. The first-order chi connectivity index (χ1) is 8.61. The lowest BCUT2D eigenvalue weighted by Gasteiger charge is -2.18. The average Bonchev–Trinajstić information content (AvgIpc) is 2.79. The molecule has 1 aliphatic heterocycles. The number of phenolic OH excluding ortho intramolecular Hbond substituents is 1. The van der Waals surface area contributed by atoms with Crippen LogP contribution in [-0.2, 0) is 4.74 Å². The van der Waals surface area contributed by atoms with E-state index in [1.165, 1.54) is 18.2 Å². The Kier molecular flexibility index (Phi) is 4.06. The van der Waals surface area contributed by atoms with Crippen molar-refractivity contribution in [1.29, 1.82) is 0 Å². The molecule has 1 heterocycles. The quantitative estimate of drug-likeness (QED) is 0.759. The van der Waals surface area contributed by atoms with E-state index in [2.05, 4.69) is 10.6 Å². The van der Waals surface area contributed by atoms with Crippen LogP contribution in [0, 0.1) is 0 Å². The molecule has 1 fully saturated rings. The number of phenols is 1. The molecule has 2 atom stereocenters. The summed E-state index contributed by atoms with van der Waals surface area (Å²) in [5.41, 5.74) is 0.262. The standard InChI is InChI=1S/C12H15ClN2O3/c1-18-11-6-14-5-10(11)15-12(17)8-4-7(16)2-3-9(8)13/h2-4,10-11,14,16H,5-6H2,1H3,(H,15,17)/t10?,11-/m0/s1. The number of benzene rings is 1. The number of rotatable bonds is 3. The molecule has 5 nitrogen and oxygen atoms in total. The Labute approximate surface area is 110 Å². The summed E-state index contributed by atoms with van der Waals surface area (Å²) in [4.78, 5) is 12.0. The Morgan fingerprint density at radius 1 is 1.56 bits per heavy atom. The van der Waals surface area contributed by atoms with Gasteiger partial charge in [-0.3, -0.25) is 4.79 Å². The Morgan fingerprint density at radius 3 is 3.06 bits per heavy atom. The second-order valence-electron chi connectivity index (χ2n) is 4.18. The van der Waals surface area contributed by atoms with Gasteiger partial charge in [0.15, 0.2) is 0 Å². The fraction of sp³-hybridized carbons (Fsp3) is 0.417. The fourth-order valence-electron chi connectivity index (χ4n) is 1.98. The highest BCUT2D eigenvalue weighted by Gasteiger charge is 2.28. The highest BCUT2D eigenvalue weighted by Crippen LogP contribution is 2.21. The summed E-state index contributed by atoms with van der Waals surface area (Å²) in [6.07, 6.45) is -0.0509. The van der Waals surface area contributed by atoms with Gasteiger partial charge in [-0.25, -0.2) is 0 Å². The molecule has 3 N–H and O–H groups in total. The fourth-order valence-corrected chi connectivity index (χ4v) is 2.18. The van der Waals surface area contributed by atoms with E-state index in [1.807, 2.05) is 0 Å². The van der Waals surface area contributed by atoms with Crippen molar-refractivity contribution in [2.24, 2.45) is 0 Å². The molecule has 1 aromatic carbocycles. The van der Waals surface area contributed by atoms with Crippen LogP contribution < -0.4 is 10.6 Å². The van der Waals surface area contributed by atoms with Crippen molar-refractivity contribution >= 4 is 17.5 Å². The minimum atomic E-state index is -0.313. The lowest BCUT2D eigenvalue weighted by molar-refractivity contribution is 0.0779. The molecule has 0 spiro atoms. The van der Waals surface area contributed by atoms with Crippen LogP contribution in [0.3, 0.4) is 0 Å². The topological polar surface area (TPSA) is 70.6 Å². The molecule has 2 rings (SSSR count). The molecule has 98 valence electrons. The van der Waals surface area contributed by atoms with Gasteiger partial charge >= 0.3 is 0 Å². The molecule has 0 aromatic heterocycles. The minimum Gasteiger partial charge on any atom is -0.508 e. The van der Waals surface area contributed by atoms with Gasteiger partial charge in [-0.15, -0.1) is 0 Å². The summed E-state index contributed by atoms with van der Waals surface area (Å²) in [5.74, 6) is -0.302. The predicted octanol–water partition coefficient (Wildman–Crippen LogP) is 0.762. The smallest absolute Gasteiger partial charge is 0.253 e. The largest absolute Gasteiger partial charge is 0.508 e. The lowest BCUT2D eigenvalue weighted by atomic mass is 10.1. The van der Waals surface area contributed by atoms with Crippen LogP contribution in [-0.4, -0.2) is 43.4 Å². The number of hydrogen-bond donors (Lipinski definition) is 3.